The van der Waals surface area contributed by atoms with Crippen LogP contribution in [0.2, 0.25) is 0 Å². The summed E-state index contributed by atoms with van der Waals surface area (Å²) in [5, 5.41) is 6.15. The largest absolute Gasteiger partial charge is 0.363 e. The molecule has 0 spiro atoms. The van der Waals surface area contributed by atoms with Gasteiger partial charge < -0.3 is 15.2 Å². The zero-order valence-electron chi connectivity index (χ0n) is 15.5. The number of urea groups is 1. The average molecular weight is 513 g/mol. The number of imidazole rings is 1. The summed E-state index contributed by atoms with van der Waals surface area (Å²) in [5.41, 5.74) is 2.48. The molecule has 2 aliphatic rings. The summed E-state index contributed by atoms with van der Waals surface area (Å²) in [4.78, 5) is 18.7. The molecule has 2 amide bonds. The molecule has 9 heteroatoms. The van der Waals surface area contributed by atoms with Crippen LogP contribution in [0.1, 0.15) is 31.5 Å². The molecule has 1 fully saturated rings. The van der Waals surface area contributed by atoms with Gasteiger partial charge in [0.2, 0.25) is 0 Å². The molecule has 1 atom stereocenters. The van der Waals surface area contributed by atoms with Crippen LogP contribution in [0.15, 0.2) is 39.3 Å². The molecule has 0 bridgehead atoms. The molecule has 28 heavy (non-hydrogen) atoms. The fourth-order valence-corrected chi connectivity index (χ4v) is 4.39. The normalized spacial score (nSPS) is 18.8. The van der Waals surface area contributed by atoms with Crippen LogP contribution in [-0.4, -0.2) is 27.5 Å². The minimum atomic E-state index is -0.425. The number of nitrogens with one attached hydrogen (secondary N) is 2. The van der Waals surface area contributed by atoms with E-state index >= 15 is 0 Å². The predicted octanol–water partition coefficient (Wildman–Crippen LogP) is 4.73. The van der Waals surface area contributed by atoms with Crippen molar-refractivity contribution in [2.45, 2.75) is 32.5 Å². The van der Waals surface area contributed by atoms with Gasteiger partial charge in [-0.1, -0.05) is 6.07 Å². The van der Waals surface area contributed by atoms with E-state index in [0.717, 1.165) is 28.7 Å². The summed E-state index contributed by atoms with van der Waals surface area (Å²) >= 11 is 6.97. The first kappa shape index (κ1) is 19.4. The van der Waals surface area contributed by atoms with E-state index in [9.17, 15) is 9.18 Å². The van der Waals surface area contributed by atoms with Crippen LogP contribution in [0, 0.1) is 11.7 Å². The topological polar surface area (TPSA) is 62.2 Å². The minimum absolute atomic E-state index is 0.218. The third-order valence-electron chi connectivity index (χ3n) is 5.06. The van der Waals surface area contributed by atoms with Crippen molar-refractivity contribution in [2.75, 3.05) is 7.05 Å². The molecule has 0 radical (unpaired) electrons. The zero-order valence-corrected chi connectivity index (χ0v) is 18.6. The molecular formula is C19H20Br2FN5O. The van der Waals surface area contributed by atoms with Gasteiger partial charge in [-0.3, -0.25) is 4.90 Å². The highest BCUT2D eigenvalue weighted by atomic mass is 79.9. The molecule has 1 aromatic carbocycles. The molecule has 1 saturated carbocycles. The number of hydrogen-bond donors (Lipinski definition) is 2. The average Bonchev–Trinajstić information content (AvgIpc) is 3.38. The van der Waals surface area contributed by atoms with Crippen LogP contribution in [0.5, 0.6) is 0 Å². The number of rotatable bonds is 4. The molecule has 0 saturated heterocycles. The monoisotopic (exact) mass is 511 g/mol. The van der Waals surface area contributed by atoms with Crippen molar-refractivity contribution >= 4 is 37.9 Å². The lowest BCUT2D eigenvalue weighted by atomic mass is 10.0. The molecule has 4 rings (SSSR count). The SMILES string of the molecule is CCn1c(-c2cc(F)ccc2C2NC(C3CC3)=CN2C(=O)NC)nc(Br)c1Br. The van der Waals surface area contributed by atoms with Crippen molar-refractivity contribution in [1.82, 2.24) is 25.1 Å². The van der Waals surface area contributed by atoms with Gasteiger partial charge in [-0.05, 0) is 63.8 Å². The highest BCUT2D eigenvalue weighted by Gasteiger charge is 2.38. The van der Waals surface area contributed by atoms with E-state index < -0.39 is 6.17 Å². The molecule has 2 N–H and O–H groups in total. The first-order chi connectivity index (χ1) is 13.4. The number of carbonyl (C=O) groups excluding carboxylic acids is 1. The Hall–Kier alpha value is -1.87. The lowest BCUT2D eigenvalue weighted by Crippen LogP contribution is -2.38. The van der Waals surface area contributed by atoms with Gasteiger partial charge in [0.1, 0.15) is 27.0 Å². The summed E-state index contributed by atoms with van der Waals surface area (Å²) in [6, 6.07) is 4.39. The Kier molecular flexibility index (Phi) is 5.22. The molecule has 1 aromatic heterocycles. The zero-order chi connectivity index (χ0) is 20.0. The van der Waals surface area contributed by atoms with Crippen molar-refractivity contribution in [1.29, 1.82) is 0 Å². The van der Waals surface area contributed by atoms with E-state index in [2.05, 4.69) is 47.5 Å². The molecular weight excluding hydrogens is 493 g/mol. The minimum Gasteiger partial charge on any atom is -0.363 e. The number of halogens is 3. The molecule has 6 nitrogen and oxygen atoms in total. The Morgan fingerprint density at radius 2 is 2.14 bits per heavy atom. The molecule has 148 valence electrons. The maximum absolute atomic E-state index is 14.2. The van der Waals surface area contributed by atoms with E-state index in [1.54, 1.807) is 18.0 Å². The molecule has 2 aromatic rings. The fourth-order valence-electron chi connectivity index (χ4n) is 3.50. The highest BCUT2D eigenvalue weighted by molar-refractivity contribution is 9.13. The highest BCUT2D eigenvalue weighted by Crippen LogP contribution is 2.42. The second-order valence-electron chi connectivity index (χ2n) is 6.86. The van der Waals surface area contributed by atoms with Gasteiger partial charge in [0.25, 0.3) is 0 Å². The first-order valence-corrected chi connectivity index (χ1v) is 10.7. The number of amides is 2. The predicted molar refractivity (Wildman–Crippen MR) is 112 cm³/mol. The van der Waals surface area contributed by atoms with Gasteiger partial charge in [-0.15, -0.1) is 0 Å². The van der Waals surface area contributed by atoms with Gasteiger partial charge in [0.05, 0.1) is 0 Å². The maximum Gasteiger partial charge on any atom is 0.323 e. The molecule has 2 heterocycles. The third kappa shape index (κ3) is 3.34. The lowest BCUT2D eigenvalue weighted by molar-refractivity contribution is 0.203. The van der Waals surface area contributed by atoms with Crippen LogP contribution < -0.4 is 10.6 Å². The second-order valence-corrected chi connectivity index (χ2v) is 8.36. The molecule has 1 unspecified atom stereocenters. The number of hydrogen-bond acceptors (Lipinski definition) is 3. The van der Waals surface area contributed by atoms with Crippen molar-refractivity contribution in [3.8, 4) is 11.4 Å². The van der Waals surface area contributed by atoms with Crippen LogP contribution in [0.4, 0.5) is 9.18 Å². The molecule has 1 aliphatic heterocycles. The van der Waals surface area contributed by atoms with Crippen LogP contribution in [0.3, 0.4) is 0 Å². The summed E-state index contributed by atoms with van der Waals surface area (Å²) in [6.45, 7) is 2.66. The fraction of sp³-hybridized carbons (Fsp3) is 0.368. The number of nitrogens with zero attached hydrogens (tertiary/aromatic N) is 3. The van der Waals surface area contributed by atoms with Crippen LogP contribution >= 0.6 is 31.9 Å². The van der Waals surface area contributed by atoms with Crippen molar-refractivity contribution in [3.63, 3.8) is 0 Å². The van der Waals surface area contributed by atoms with Gasteiger partial charge in [0, 0.05) is 42.5 Å². The Morgan fingerprint density at radius 1 is 1.39 bits per heavy atom. The smallest absolute Gasteiger partial charge is 0.323 e. The summed E-state index contributed by atoms with van der Waals surface area (Å²) in [7, 11) is 1.60. The van der Waals surface area contributed by atoms with E-state index in [1.165, 1.54) is 12.1 Å². The van der Waals surface area contributed by atoms with Crippen molar-refractivity contribution in [2.24, 2.45) is 5.92 Å². The summed E-state index contributed by atoms with van der Waals surface area (Å²) in [6.07, 6.45) is 3.67. The van der Waals surface area contributed by atoms with E-state index in [0.29, 0.717) is 28.5 Å². The molecule has 1 aliphatic carbocycles. The number of carbonyl (C=O) groups is 1. The van der Waals surface area contributed by atoms with Crippen molar-refractivity contribution < 1.29 is 9.18 Å². The van der Waals surface area contributed by atoms with Crippen LogP contribution in [-0.2, 0) is 6.54 Å². The second kappa shape index (κ2) is 7.51. The quantitative estimate of drug-likeness (QED) is 0.622. The van der Waals surface area contributed by atoms with Crippen LogP contribution in [0.25, 0.3) is 11.4 Å². The van der Waals surface area contributed by atoms with E-state index in [1.807, 2.05) is 17.7 Å². The first-order valence-electron chi connectivity index (χ1n) is 9.14. The standard InChI is InChI=1S/C19H20Br2FN5O/c1-3-26-16(21)15(20)25-18(26)13-8-11(22)6-7-12(13)17-24-14(10-4-5-10)9-27(17)19(28)23-2/h6-10,17,24H,3-5H2,1-2H3,(H,23,28). The number of aromatic nitrogens is 2. The lowest BCUT2D eigenvalue weighted by Gasteiger charge is -2.26. The Morgan fingerprint density at radius 3 is 2.79 bits per heavy atom. The van der Waals surface area contributed by atoms with Gasteiger partial charge >= 0.3 is 6.03 Å². The Balaban J connectivity index is 1.83. The summed E-state index contributed by atoms with van der Waals surface area (Å²) < 4.78 is 17.6. The van der Waals surface area contributed by atoms with E-state index in [-0.39, 0.29) is 11.8 Å². The Labute approximate surface area is 179 Å². The van der Waals surface area contributed by atoms with Gasteiger partial charge in [0.15, 0.2) is 0 Å². The third-order valence-corrected chi connectivity index (χ3v) is 6.95. The number of benzene rings is 1. The number of allylic oxidation sites excluding steroid dienone is 1. The Bertz CT molecular complexity index is 969. The van der Waals surface area contributed by atoms with E-state index in [4.69, 9.17) is 0 Å². The maximum atomic E-state index is 14.2. The van der Waals surface area contributed by atoms with Crippen molar-refractivity contribution in [3.05, 3.63) is 50.7 Å². The summed E-state index contributed by atoms with van der Waals surface area (Å²) in [5.74, 6) is 0.743. The van der Waals surface area contributed by atoms with Gasteiger partial charge in [-0.2, -0.15) is 0 Å². The van der Waals surface area contributed by atoms with Gasteiger partial charge in [-0.25, -0.2) is 14.2 Å².